The van der Waals surface area contributed by atoms with E-state index in [2.05, 4.69) is 0 Å². The maximum atomic E-state index is 12.6. The number of rotatable bonds is 2. The molecule has 1 aromatic rings. The van der Waals surface area contributed by atoms with Crippen molar-refractivity contribution >= 4 is 17.3 Å². The van der Waals surface area contributed by atoms with Gasteiger partial charge in [0.25, 0.3) is 0 Å². The predicted octanol–water partition coefficient (Wildman–Crippen LogP) is 5.11. The molecule has 0 atom stereocenters. The molecule has 3 nitrogen and oxygen atoms in total. The first-order valence-electron chi connectivity index (χ1n) is 9.78. The normalized spacial score (nSPS) is 28.2. The van der Waals surface area contributed by atoms with Crippen LogP contribution in [0.25, 0.3) is 5.76 Å². The van der Waals surface area contributed by atoms with Crippen LogP contribution >= 0.6 is 0 Å². The minimum Gasteiger partial charge on any atom is -0.507 e. The smallest absolute Gasteiger partial charge is 0.234 e. The van der Waals surface area contributed by atoms with E-state index in [0.29, 0.717) is 16.7 Å². The second-order valence-corrected chi connectivity index (χ2v) is 7.98. The molecule has 0 aromatic heterocycles. The van der Waals surface area contributed by atoms with E-state index in [0.717, 1.165) is 37.5 Å². The molecule has 0 heterocycles. The average Bonchev–Trinajstić information content (AvgIpc) is 2.68. The van der Waals surface area contributed by atoms with Gasteiger partial charge in [-0.25, -0.2) is 0 Å². The Morgan fingerprint density at radius 2 is 1.32 bits per heavy atom. The summed E-state index contributed by atoms with van der Waals surface area (Å²) in [6.07, 6.45) is 10.9. The first kappa shape index (κ1) is 16.6. The third kappa shape index (κ3) is 2.94. The lowest BCUT2D eigenvalue weighted by atomic mass is 9.68. The molecule has 2 fully saturated rings. The maximum absolute atomic E-state index is 12.6. The van der Waals surface area contributed by atoms with Crippen LogP contribution in [0.5, 0.6) is 0 Å². The van der Waals surface area contributed by atoms with Crippen LogP contribution in [-0.2, 0) is 4.79 Å². The number of Topliss-reactive ketones (excluding diaryl/α,β-unsaturated/α-hetero) is 2. The van der Waals surface area contributed by atoms with Crippen LogP contribution in [0.15, 0.2) is 29.8 Å². The molecule has 4 rings (SSSR count). The number of benzene rings is 1. The third-order valence-electron chi connectivity index (χ3n) is 6.63. The van der Waals surface area contributed by atoms with Gasteiger partial charge in [0.15, 0.2) is 0 Å². The first-order chi connectivity index (χ1) is 12.2. The molecule has 1 N–H and O–H groups in total. The zero-order valence-electron chi connectivity index (χ0n) is 14.7. The molecule has 3 heteroatoms. The first-order valence-corrected chi connectivity index (χ1v) is 9.78. The molecular formula is C22H26O3. The molecule has 0 radical (unpaired) electrons. The highest BCUT2D eigenvalue weighted by atomic mass is 16.3. The molecular weight excluding hydrogens is 312 g/mol. The summed E-state index contributed by atoms with van der Waals surface area (Å²) < 4.78 is 0. The summed E-state index contributed by atoms with van der Waals surface area (Å²) in [7, 11) is 0. The predicted molar refractivity (Wildman–Crippen MR) is 97.4 cm³/mol. The summed E-state index contributed by atoms with van der Waals surface area (Å²) in [5.74, 6) is 0.740. The molecule has 0 aliphatic heterocycles. The largest absolute Gasteiger partial charge is 0.507 e. The van der Waals surface area contributed by atoms with Crippen LogP contribution in [0, 0.1) is 17.8 Å². The topological polar surface area (TPSA) is 54.4 Å². The molecule has 3 aliphatic carbocycles. The second-order valence-electron chi connectivity index (χ2n) is 7.98. The van der Waals surface area contributed by atoms with Crippen LogP contribution in [-0.4, -0.2) is 16.7 Å². The highest BCUT2D eigenvalue weighted by molar-refractivity contribution is 6.52. The van der Waals surface area contributed by atoms with Crippen molar-refractivity contribution in [3.05, 3.63) is 41.0 Å². The molecule has 0 amide bonds. The van der Waals surface area contributed by atoms with E-state index < -0.39 is 11.6 Å². The number of hydrogen-bond donors (Lipinski definition) is 1. The van der Waals surface area contributed by atoms with Gasteiger partial charge >= 0.3 is 0 Å². The van der Waals surface area contributed by atoms with Crippen LogP contribution in [0.3, 0.4) is 0 Å². The van der Waals surface area contributed by atoms with Crippen molar-refractivity contribution in [3.63, 3.8) is 0 Å². The number of ketones is 2. The summed E-state index contributed by atoms with van der Waals surface area (Å²) >= 11 is 0. The molecule has 0 saturated heterocycles. The van der Waals surface area contributed by atoms with Gasteiger partial charge in [-0.3, -0.25) is 9.59 Å². The van der Waals surface area contributed by atoms with Gasteiger partial charge in [0, 0.05) is 16.7 Å². The average molecular weight is 338 g/mol. The van der Waals surface area contributed by atoms with Crippen LogP contribution < -0.4 is 0 Å². The molecule has 132 valence electrons. The lowest BCUT2D eigenvalue weighted by molar-refractivity contribution is -0.112. The van der Waals surface area contributed by atoms with E-state index in [1.165, 1.54) is 32.1 Å². The Balaban J connectivity index is 1.54. The van der Waals surface area contributed by atoms with Crippen molar-refractivity contribution in [2.24, 2.45) is 17.8 Å². The molecule has 0 spiro atoms. The Hall–Kier alpha value is -1.90. The fraction of sp³-hybridized carbons (Fsp3) is 0.545. The van der Waals surface area contributed by atoms with E-state index in [-0.39, 0.29) is 11.7 Å². The number of allylic oxidation sites excluding steroid dienone is 1. The Morgan fingerprint density at radius 3 is 2.00 bits per heavy atom. The molecule has 0 bridgehead atoms. The van der Waals surface area contributed by atoms with E-state index in [4.69, 9.17) is 0 Å². The summed E-state index contributed by atoms with van der Waals surface area (Å²) in [6, 6.07) is 6.90. The van der Waals surface area contributed by atoms with Gasteiger partial charge in [-0.15, -0.1) is 0 Å². The van der Waals surface area contributed by atoms with Crippen LogP contribution in [0.4, 0.5) is 0 Å². The number of carbonyl (C=O) groups is 2. The summed E-state index contributed by atoms with van der Waals surface area (Å²) in [6.45, 7) is 0. The number of aliphatic hydroxyl groups excluding tert-OH is 1. The van der Waals surface area contributed by atoms with E-state index in [1.54, 1.807) is 24.3 Å². The van der Waals surface area contributed by atoms with Crippen molar-refractivity contribution in [2.45, 2.75) is 57.8 Å². The fourth-order valence-corrected chi connectivity index (χ4v) is 5.25. The molecule has 2 saturated carbocycles. The second kappa shape index (κ2) is 6.78. The maximum Gasteiger partial charge on any atom is 0.234 e. The highest BCUT2D eigenvalue weighted by Crippen LogP contribution is 2.44. The minimum absolute atomic E-state index is 0.0321. The van der Waals surface area contributed by atoms with Gasteiger partial charge in [-0.1, -0.05) is 56.4 Å². The Morgan fingerprint density at radius 1 is 0.720 bits per heavy atom. The SMILES string of the molecule is O=C1C(=O)c2ccccc2C(O)=C1C1CCC(C2CCCCC2)CC1. The van der Waals surface area contributed by atoms with Crippen molar-refractivity contribution in [2.75, 3.05) is 0 Å². The third-order valence-corrected chi connectivity index (χ3v) is 6.63. The Kier molecular flexibility index (Phi) is 4.49. The van der Waals surface area contributed by atoms with Gasteiger partial charge < -0.3 is 5.11 Å². The lowest BCUT2D eigenvalue weighted by Crippen LogP contribution is -2.31. The fourth-order valence-electron chi connectivity index (χ4n) is 5.25. The Labute approximate surface area is 149 Å². The zero-order valence-corrected chi connectivity index (χ0v) is 14.7. The highest BCUT2D eigenvalue weighted by Gasteiger charge is 2.39. The standard InChI is InChI=1S/C22H26O3/c23-20-17-8-4-5-9-18(17)21(24)22(25)19(20)16-12-10-15(11-13-16)14-6-2-1-3-7-14/h4-5,8-9,14-16,23H,1-3,6-7,10-13H2. The summed E-state index contributed by atoms with van der Waals surface area (Å²) in [5, 5.41) is 10.7. The van der Waals surface area contributed by atoms with Gasteiger partial charge in [0.2, 0.25) is 11.6 Å². The monoisotopic (exact) mass is 338 g/mol. The number of hydrogen-bond acceptors (Lipinski definition) is 3. The van der Waals surface area contributed by atoms with Crippen LogP contribution in [0.1, 0.15) is 73.7 Å². The van der Waals surface area contributed by atoms with Crippen LogP contribution in [0.2, 0.25) is 0 Å². The van der Waals surface area contributed by atoms with E-state index in [1.807, 2.05) is 0 Å². The molecule has 1 aromatic carbocycles. The minimum atomic E-state index is -0.489. The number of fused-ring (bicyclic) bond motifs is 1. The van der Waals surface area contributed by atoms with E-state index in [9.17, 15) is 14.7 Å². The van der Waals surface area contributed by atoms with Gasteiger partial charge in [0.05, 0.1) is 0 Å². The van der Waals surface area contributed by atoms with Crippen molar-refractivity contribution < 1.29 is 14.7 Å². The summed E-state index contributed by atoms with van der Waals surface area (Å²) in [4.78, 5) is 25.0. The van der Waals surface area contributed by atoms with Gasteiger partial charge in [0.1, 0.15) is 5.76 Å². The lowest BCUT2D eigenvalue weighted by Gasteiger charge is -2.36. The van der Waals surface area contributed by atoms with Crippen molar-refractivity contribution in [3.8, 4) is 0 Å². The quantitative estimate of drug-likeness (QED) is 0.763. The molecule has 0 unspecified atom stereocenters. The Bertz CT molecular complexity index is 717. The number of carbonyl (C=O) groups excluding carboxylic acids is 2. The summed E-state index contributed by atoms with van der Waals surface area (Å²) in [5.41, 5.74) is 1.24. The van der Waals surface area contributed by atoms with Gasteiger partial charge in [-0.05, 0) is 43.4 Å². The van der Waals surface area contributed by atoms with E-state index >= 15 is 0 Å². The van der Waals surface area contributed by atoms with Gasteiger partial charge in [-0.2, -0.15) is 0 Å². The molecule has 3 aliphatic rings. The number of aliphatic hydroxyl groups is 1. The zero-order chi connectivity index (χ0) is 17.4. The van der Waals surface area contributed by atoms with Crippen molar-refractivity contribution in [1.82, 2.24) is 0 Å². The molecule has 25 heavy (non-hydrogen) atoms. The van der Waals surface area contributed by atoms with Crippen molar-refractivity contribution in [1.29, 1.82) is 0 Å².